The number of aliphatic hydroxyl groups excluding tert-OH is 1. The van der Waals surface area contributed by atoms with Crippen molar-refractivity contribution < 1.29 is 19.7 Å². The summed E-state index contributed by atoms with van der Waals surface area (Å²) in [7, 11) is 0. The van der Waals surface area contributed by atoms with Gasteiger partial charge in [0.15, 0.2) is 6.10 Å². The quantitative estimate of drug-likeness (QED) is 0.826. The first-order chi connectivity index (χ1) is 7.04. The van der Waals surface area contributed by atoms with Crippen molar-refractivity contribution in [1.29, 1.82) is 0 Å². The molecule has 2 N–H and O–H groups in total. The highest BCUT2D eigenvalue weighted by atomic mass is 35.5. The zero-order chi connectivity index (χ0) is 11.4. The molecule has 5 heteroatoms. The Kier molecular flexibility index (Phi) is 3.94. The molecule has 1 aromatic carbocycles. The third kappa shape index (κ3) is 3.11. The summed E-state index contributed by atoms with van der Waals surface area (Å²) in [5.41, 5.74) is 0.648. The van der Waals surface area contributed by atoms with E-state index >= 15 is 0 Å². The number of aliphatic carboxylic acids is 1. The minimum Gasteiger partial charge on any atom is -0.479 e. The van der Waals surface area contributed by atoms with Crippen LogP contribution in [-0.4, -0.2) is 22.3 Å². The van der Waals surface area contributed by atoms with Crippen LogP contribution in [0.2, 0.25) is 5.02 Å². The summed E-state index contributed by atoms with van der Waals surface area (Å²) in [6.45, 7) is 1.30. The molecule has 1 unspecified atom stereocenters. The summed E-state index contributed by atoms with van der Waals surface area (Å²) < 4.78 is 5.09. The van der Waals surface area contributed by atoms with Crippen molar-refractivity contribution in [3.63, 3.8) is 0 Å². The maximum absolute atomic E-state index is 10.5. The summed E-state index contributed by atoms with van der Waals surface area (Å²) in [6, 6.07) is 4.69. The molecule has 0 amide bonds. The molecular weight excluding hydrogens is 220 g/mol. The lowest BCUT2D eigenvalue weighted by Gasteiger charge is -2.12. The smallest absolute Gasteiger partial charge is 0.344 e. The summed E-state index contributed by atoms with van der Waals surface area (Å²) in [4.78, 5) is 10.5. The van der Waals surface area contributed by atoms with Crippen molar-refractivity contribution in [2.24, 2.45) is 0 Å². The van der Waals surface area contributed by atoms with Gasteiger partial charge in [-0.3, -0.25) is 0 Å². The van der Waals surface area contributed by atoms with Gasteiger partial charge in [-0.15, -0.1) is 0 Å². The van der Waals surface area contributed by atoms with Gasteiger partial charge in [-0.1, -0.05) is 17.7 Å². The van der Waals surface area contributed by atoms with Gasteiger partial charge in [-0.25, -0.2) is 4.79 Å². The van der Waals surface area contributed by atoms with Gasteiger partial charge in [0.25, 0.3) is 0 Å². The van der Waals surface area contributed by atoms with Gasteiger partial charge in [-0.2, -0.15) is 0 Å². The average Bonchev–Trinajstić information content (AvgIpc) is 2.20. The fourth-order valence-corrected chi connectivity index (χ4v) is 1.23. The largest absolute Gasteiger partial charge is 0.479 e. The van der Waals surface area contributed by atoms with Crippen LogP contribution in [0.15, 0.2) is 18.2 Å². The Morgan fingerprint density at radius 2 is 2.27 bits per heavy atom. The summed E-state index contributed by atoms with van der Waals surface area (Å²) in [6.07, 6.45) is -0.956. The lowest BCUT2D eigenvalue weighted by atomic mass is 10.2. The van der Waals surface area contributed by atoms with E-state index in [1.807, 2.05) is 0 Å². The predicted octanol–water partition coefficient (Wildman–Crippen LogP) is 1.68. The minimum absolute atomic E-state index is 0.117. The van der Waals surface area contributed by atoms with Crippen molar-refractivity contribution in [2.75, 3.05) is 0 Å². The van der Waals surface area contributed by atoms with E-state index in [9.17, 15) is 4.79 Å². The first kappa shape index (κ1) is 11.8. The van der Waals surface area contributed by atoms with Gasteiger partial charge < -0.3 is 14.9 Å². The Morgan fingerprint density at radius 3 is 2.73 bits per heavy atom. The Balaban J connectivity index is 2.82. The van der Waals surface area contributed by atoms with Crippen LogP contribution in [0.5, 0.6) is 5.75 Å². The van der Waals surface area contributed by atoms with Crippen molar-refractivity contribution >= 4 is 17.6 Å². The molecule has 4 nitrogen and oxygen atoms in total. The number of benzene rings is 1. The van der Waals surface area contributed by atoms with Crippen molar-refractivity contribution in [2.45, 2.75) is 19.6 Å². The molecule has 0 fully saturated rings. The molecule has 0 heterocycles. The number of ether oxygens (including phenoxy) is 1. The van der Waals surface area contributed by atoms with Crippen molar-refractivity contribution in [3.8, 4) is 5.75 Å². The molecule has 0 radical (unpaired) electrons. The number of carbonyl (C=O) groups is 1. The number of rotatable bonds is 4. The molecule has 15 heavy (non-hydrogen) atoms. The molecule has 0 aliphatic carbocycles. The van der Waals surface area contributed by atoms with Crippen LogP contribution in [0.1, 0.15) is 12.5 Å². The summed E-state index contributed by atoms with van der Waals surface area (Å²) in [5.74, 6) is -0.763. The molecule has 0 aromatic heterocycles. The predicted molar refractivity (Wildman–Crippen MR) is 55.1 cm³/mol. The second-order valence-corrected chi connectivity index (χ2v) is 3.43. The fraction of sp³-hybridized carbons (Fsp3) is 0.300. The van der Waals surface area contributed by atoms with Crippen LogP contribution < -0.4 is 4.74 Å². The molecule has 0 aliphatic rings. The van der Waals surface area contributed by atoms with Crippen LogP contribution in [-0.2, 0) is 11.4 Å². The van der Waals surface area contributed by atoms with Crippen LogP contribution in [0.3, 0.4) is 0 Å². The van der Waals surface area contributed by atoms with Gasteiger partial charge in [0.2, 0.25) is 0 Å². The standard InChI is InChI=1S/C10H11ClO4/c1-6(10(13)14)15-9-3-2-7(5-12)4-8(9)11/h2-4,6,12H,5H2,1H3,(H,13,14). The molecule has 0 aliphatic heterocycles. The first-order valence-electron chi connectivity index (χ1n) is 4.33. The number of carboxylic acids is 1. The van der Waals surface area contributed by atoms with Gasteiger partial charge in [0, 0.05) is 0 Å². The minimum atomic E-state index is -1.06. The van der Waals surface area contributed by atoms with Crippen LogP contribution in [0, 0.1) is 0 Å². The third-order valence-electron chi connectivity index (χ3n) is 1.83. The highest BCUT2D eigenvalue weighted by molar-refractivity contribution is 6.32. The first-order valence-corrected chi connectivity index (χ1v) is 4.71. The summed E-state index contributed by atoms with van der Waals surface area (Å²) in [5, 5.41) is 17.7. The Morgan fingerprint density at radius 1 is 1.60 bits per heavy atom. The number of hydrogen-bond donors (Lipinski definition) is 2. The Labute approximate surface area is 92.1 Å². The molecule has 82 valence electrons. The summed E-state index contributed by atoms with van der Waals surface area (Å²) >= 11 is 5.83. The highest BCUT2D eigenvalue weighted by Crippen LogP contribution is 2.26. The number of hydrogen-bond acceptors (Lipinski definition) is 3. The van der Waals surface area contributed by atoms with Crippen LogP contribution in [0.4, 0.5) is 0 Å². The zero-order valence-electron chi connectivity index (χ0n) is 8.11. The van der Waals surface area contributed by atoms with E-state index < -0.39 is 12.1 Å². The SMILES string of the molecule is CC(Oc1ccc(CO)cc1Cl)C(=O)O. The highest BCUT2D eigenvalue weighted by Gasteiger charge is 2.14. The van der Waals surface area contributed by atoms with E-state index in [0.29, 0.717) is 11.3 Å². The molecule has 0 saturated heterocycles. The van der Waals surface area contributed by atoms with Gasteiger partial charge in [0.1, 0.15) is 5.75 Å². The van der Waals surface area contributed by atoms with E-state index in [1.165, 1.54) is 19.1 Å². The normalized spacial score (nSPS) is 12.2. The molecule has 1 rings (SSSR count). The third-order valence-corrected chi connectivity index (χ3v) is 2.13. The second-order valence-electron chi connectivity index (χ2n) is 3.02. The maximum atomic E-state index is 10.5. The van der Waals surface area contributed by atoms with Gasteiger partial charge in [-0.05, 0) is 24.6 Å². The number of carboxylic acid groups (broad SMARTS) is 1. The van der Waals surface area contributed by atoms with Crippen molar-refractivity contribution in [3.05, 3.63) is 28.8 Å². The molecular formula is C10H11ClO4. The van der Waals surface area contributed by atoms with Crippen molar-refractivity contribution in [1.82, 2.24) is 0 Å². The van der Waals surface area contributed by atoms with Gasteiger partial charge >= 0.3 is 5.97 Å². The fourth-order valence-electron chi connectivity index (χ4n) is 0.979. The number of aliphatic hydroxyl groups is 1. The van der Waals surface area contributed by atoms with Gasteiger partial charge in [0.05, 0.1) is 11.6 Å². The molecule has 1 aromatic rings. The molecule has 0 saturated carbocycles. The van der Waals surface area contributed by atoms with Crippen LogP contribution >= 0.6 is 11.6 Å². The van der Waals surface area contributed by atoms with Crippen LogP contribution in [0.25, 0.3) is 0 Å². The Hall–Kier alpha value is -1.26. The lowest BCUT2D eigenvalue weighted by molar-refractivity contribution is -0.144. The number of halogens is 1. The van der Waals surface area contributed by atoms with E-state index in [2.05, 4.69) is 0 Å². The lowest BCUT2D eigenvalue weighted by Crippen LogP contribution is -2.23. The van der Waals surface area contributed by atoms with E-state index in [0.717, 1.165) is 0 Å². The molecule has 0 bridgehead atoms. The topological polar surface area (TPSA) is 66.8 Å². The zero-order valence-corrected chi connectivity index (χ0v) is 8.86. The van der Waals surface area contributed by atoms with E-state index in [1.54, 1.807) is 6.07 Å². The average molecular weight is 231 g/mol. The molecule has 1 atom stereocenters. The molecule has 0 spiro atoms. The second kappa shape index (κ2) is 5.00. The van der Waals surface area contributed by atoms with E-state index in [4.69, 9.17) is 26.6 Å². The van der Waals surface area contributed by atoms with E-state index in [-0.39, 0.29) is 11.6 Å². The monoisotopic (exact) mass is 230 g/mol. The maximum Gasteiger partial charge on any atom is 0.344 e. The Bertz CT molecular complexity index is 364.